The van der Waals surface area contributed by atoms with Gasteiger partial charge in [-0.05, 0) is 37.3 Å². The zero-order chi connectivity index (χ0) is 21.0. The Bertz CT molecular complexity index is 1210. The normalized spacial score (nSPS) is 29.2. The summed E-state index contributed by atoms with van der Waals surface area (Å²) in [6, 6.07) is 9.06. The minimum absolute atomic E-state index is 0.0917. The largest absolute Gasteiger partial charge is 0.389 e. The number of nitrogens with zero attached hydrogens (tertiary/aromatic N) is 4. The molecule has 0 radical (unpaired) electrons. The number of Topliss-reactive ketones (excluding diaryl/α,β-unsaturated/α-hetero) is 1. The summed E-state index contributed by atoms with van der Waals surface area (Å²) in [6.07, 6.45) is -0.0264. The Hall–Kier alpha value is -3.28. The molecule has 2 aliphatic carbocycles. The highest BCUT2D eigenvalue weighted by Crippen LogP contribution is 2.68. The Morgan fingerprint density at radius 3 is 2.67 bits per heavy atom. The molecular weight excluding hydrogens is 382 g/mol. The number of carbonyl (C=O) groups is 1. The molecule has 3 aromatic rings. The number of hydrogen-bond acceptors (Lipinski definition) is 7. The fraction of sp³-hybridized carbons (Fsp3) is 0.364. The summed E-state index contributed by atoms with van der Waals surface area (Å²) >= 11 is 0. The number of carbonyl (C=O) groups excluding carboxylic acids is 1. The van der Waals surface area contributed by atoms with Crippen LogP contribution in [0.4, 0.5) is 5.82 Å². The van der Waals surface area contributed by atoms with E-state index in [4.69, 9.17) is 0 Å². The quantitative estimate of drug-likeness (QED) is 0.562. The molecule has 8 nitrogen and oxygen atoms in total. The van der Waals surface area contributed by atoms with E-state index < -0.39 is 23.7 Å². The number of fused-ring (bicyclic) bond motifs is 2. The van der Waals surface area contributed by atoms with Crippen molar-refractivity contribution in [2.75, 3.05) is 12.4 Å². The fourth-order valence-corrected chi connectivity index (χ4v) is 4.79. The third-order valence-corrected chi connectivity index (χ3v) is 6.40. The lowest BCUT2D eigenvalue weighted by Gasteiger charge is -2.23. The standard InChI is InChI=1S/C22H21N5O3/c1-12(28)22-10-14(22)17(18(29)19(22)30)27-11-24-16-20(23-2)25-15(26-21(16)27)9-8-13-6-4-3-5-7-13/h3-7,11,14,17-19,29-30H,10H2,1-2H3,(H,23,25,26)/t14?,17-,18+,19?,22-/m1/s1. The van der Waals surface area contributed by atoms with Crippen LogP contribution in [0, 0.1) is 23.2 Å². The highest BCUT2D eigenvalue weighted by molar-refractivity contribution is 5.88. The third kappa shape index (κ3) is 2.56. The van der Waals surface area contributed by atoms with Crippen molar-refractivity contribution in [3.63, 3.8) is 0 Å². The molecule has 5 atom stereocenters. The summed E-state index contributed by atoms with van der Waals surface area (Å²) < 4.78 is 1.75. The van der Waals surface area contributed by atoms with Gasteiger partial charge in [-0.3, -0.25) is 4.79 Å². The van der Waals surface area contributed by atoms with E-state index in [2.05, 4.69) is 32.1 Å². The monoisotopic (exact) mass is 403 g/mol. The second-order valence-corrected chi connectivity index (χ2v) is 7.92. The van der Waals surface area contributed by atoms with E-state index in [9.17, 15) is 15.0 Å². The summed E-state index contributed by atoms with van der Waals surface area (Å²) in [4.78, 5) is 25.6. The molecule has 0 aliphatic heterocycles. The zero-order valence-corrected chi connectivity index (χ0v) is 16.6. The second kappa shape index (κ2) is 6.62. The summed E-state index contributed by atoms with van der Waals surface area (Å²) in [5, 5.41) is 24.3. The first-order valence-corrected chi connectivity index (χ1v) is 9.84. The van der Waals surface area contributed by atoms with Crippen LogP contribution in [0.5, 0.6) is 0 Å². The van der Waals surface area contributed by atoms with Crippen molar-refractivity contribution in [1.29, 1.82) is 0 Å². The molecular formula is C22H21N5O3. The molecule has 2 unspecified atom stereocenters. The van der Waals surface area contributed by atoms with Crippen LogP contribution in [0.25, 0.3) is 11.2 Å². The van der Waals surface area contributed by atoms with Crippen molar-refractivity contribution >= 4 is 22.8 Å². The van der Waals surface area contributed by atoms with Gasteiger partial charge in [-0.2, -0.15) is 0 Å². The fourth-order valence-electron chi connectivity index (χ4n) is 4.79. The first-order valence-electron chi connectivity index (χ1n) is 9.84. The highest BCUT2D eigenvalue weighted by Gasteiger charge is 2.74. The van der Waals surface area contributed by atoms with Gasteiger partial charge in [0.05, 0.1) is 23.9 Å². The number of aliphatic hydroxyl groups is 2. The molecule has 5 rings (SSSR count). The van der Waals surface area contributed by atoms with Gasteiger partial charge in [0.1, 0.15) is 11.9 Å². The maximum atomic E-state index is 12.2. The summed E-state index contributed by atoms with van der Waals surface area (Å²) in [5.74, 6) is 6.63. The van der Waals surface area contributed by atoms with Crippen molar-refractivity contribution in [2.45, 2.75) is 31.6 Å². The number of ketones is 1. The van der Waals surface area contributed by atoms with Crippen LogP contribution in [-0.4, -0.2) is 54.8 Å². The van der Waals surface area contributed by atoms with Gasteiger partial charge >= 0.3 is 0 Å². The van der Waals surface area contributed by atoms with Crippen molar-refractivity contribution < 1.29 is 15.0 Å². The van der Waals surface area contributed by atoms with Crippen molar-refractivity contribution in [3.8, 4) is 11.8 Å². The Balaban J connectivity index is 1.60. The van der Waals surface area contributed by atoms with Gasteiger partial charge in [0.15, 0.2) is 17.0 Å². The van der Waals surface area contributed by atoms with E-state index in [1.54, 1.807) is 17.9 Å². The number of aromatic nitrogens is 4. The topological polar surface area (TPSA) is 113 Å². The van der Waals surface area contributed by atoms with Crippen molar-refractivity contribution in [2.24, 2.45) is 11.3 Å². The first-order chi connectivity index (χ1) is 14.5. The maximum Gasteiger partial charge on any atom is 0.209 e. The van der Waals surface area contributed by atoms with Crippen LogP contribution in [0.1, 0.15) is 30.8 Å². The molecule has 1 aromatic carbocycles. The molecule has 2 saturated carbocycles. The lowest BCUT2D eigenvalue weighted by molar-refractivity contribution is -0.128. The molecule has 2 fully saturated rings. The predicted molar refractivity (Wildman–Crippen MR) is 110 cm³/mol. The van der Waals surface area contributed by atoms with E-state index >= 15 is 0 Å². The molecule has 2 aliphatic rings. The second-order valence-electron chi connectivity index (χ2n) is 7.92. The van der Waals surface area contributed by atoms with Crippen LogP contribution in [-0.2, 0) is 4.79 Å². The van der Waals surface area contributed by atoms with Crippen LogP contribution < -0.4 is 5.32 Å². The molecule has 152 valence electrons. The van der Waals surface area contributed by atoms with E-state index in [1.807, 2.05) is 30.3 Å². The van der Waals surface area contributed by atoms with Gasteiger partial charge in [-0.25, -0.2) is 15.0 Å². The minimum Gasteiger partial charge on any atom is -0.389 e. The van der Waals surface area contributed by atoms with Gasteiger partial charge < -0.3 is 20.1 Å². The van der Waals surface area contributed by atoms with E-state index in [0.717, 1.165) is 5.56 Å². The van der Waals surface area contributed by atoms with E-state index in [1.165, 1.54) is 6.92 Å². The van der Waals surface area contributed by atoms with Crippen LogP contribution in [0.15, 0.2) is 36.7 Å². The van der Waals surface area contributed by atoms with Crippen molar-refractivity contribution in [3.05, 3.63) is 48.0 Å². The SMILES string of the molecule is CNc1nc(C#Cc2ccccc2)nc2c1ncn2[C@@H]1C2C[C@]2(C(C)=O)C(O)[C@H]1O. The van der Waals surface area contributed by atoms with E-state index in [0.29, 0.717) is 29.2 Å². The van der Waals surface area contributed by atoms with Gasteiger partial charge in [0.2, 0.25) is 5.82 Å². The Kier molecular flexibility index (Phi) is 4.13. The molecule has 8 heteroatoms. The number of hydrogen-bond donors (Lipinski definition) is 3. The first kappa shape index (κ1) is 18.7. The van der Waals surface area contributed by atoms with Gasteiger partial charge in [-0.1, -0.05) is 24.1 Å². The lowest BCUT2D eigenvalue weighted by atomic mass is 9.95. The van der Waals surface area contributed by atoms with Gasteiger partial charge in [-0.15, -0.1) is 0 Å². The maximum absolute atomic E-state index is 12.2. The van der Waals surface area contributed by atoms with Crippen molar-refractivity contribution in [1.82, 2.24) is 19.5 Å². The lowest BCUT2D eigenvalue weighted by Crippen LogP contribution is -2.36. The van der Waals surface area contributed by atoms with Crippen LogP contribution >= 0.6 is 0 Å². The number of nitrogens with one attached hydrogen (secondary N) is 1. The summed E-state index contributed by atoms with van der Waals surface area (Å²) in [6.45, 7) is 1.48. The Morgan fingerprint density at radius 2 is 2.00 bits per heavy atom. The molecule has 0 bridgehead atoms. The average molecular weight is 403 g/mol. The predicted octanol–water partition coefficient (Wildman–Crippen LogP) is 1.14. The molecule has 0 spiro atoms. The number of rotatable bonds is 3. The molecule has 2 aromatic heterocycles. The summed E-state index contributed by atoms with van der Waals surface area (Å²) in [5.41, 5.74) is 1.04. The molecule has 3 N–H and O–H groups in total. The number of imidazole rings is 1. The summed E-state index contributed by atoms with van der Waals surface area (Å²) in [7, 11) is 1.74. The van der Waals surface area contributed by atoms with Crippen LogP contribution in [0.2, 0.25) is 0 Å². The smallest absolute Gasteiger partial charge is 0.209 e. The molecule has 2 heterocycles. The van der Waals surface area contributed by atoms with Gasteiger partial charge in [0.25, 0.3) is 0 Å². The number of benzene rings is 1. The third-order valence-electron chi connectivity index (χ3n) is 6.40. The molecule has 0 amide bonds. The highest BCUT2D eigenvalue weighted by atomic mass is 16.3. The Labute approximate surface area is 173 Å². The van der Waals surface area contributed by atoms with Crippen LogP contribution in [0.3, 0.4) is 0 Å². The van der Waals surface area contributed by atoms with E-state index in [-0.39, 0.29) is 11.7 Å². The zero-order valence-electron chi connectivity index (χ0n) is 16.6. The Morgan fingerprint density at radius 1 is 1.23 bits per heavy atom. The van der Waals surface area contributed by atoms with Gasteiger partial charge in [0, 0.05) is 12.6 Å². The minimum atomic E-state index is -1.09. The number of aliphatic hydroxyl groups excluding tert-OH is 2. The molecule has 0 saturated heterocycles. The number of anilines is 1. The average Bonchev–Trinajstić information content (AvgIpc) is 3.30. The molecule has 30 heavy (non-hydrogen) atoms.